The molecule has 1 aliphatic heterocycles. The SMILES string of the molecule is CCCN1CCC(NC(=NCC2(O)CCCCC2)NCC)CC1.I. The molecule has 1 saturated carbocycles. The largest absolute Gasteiger partial charge is 0.388 e. The van der Waals surface area contributed by atoms with Crippen LogP contribution < -0.4 is 10.6 Å². The third-order valence-corrected chi connectivity index (χ3v) is 5.13. The highest BCUT2D eigenvalue weighted by atomic mass is 127. The fourth-order valence-electron chi connectivity index (χ4n) is 3.72. The van der Waals surface area contributed by atoms with Crippen LogP contribution in [0.3, 0.4) is 0 Å². The predicted molar refractivity (Wildman–Crippen MR) is 112 cm³/mol. The fourth-order valence-corrected chi connectivity index (χ4v) is 3.72. The van der Waals surface area contributed by atoms with E-state index < -0.39 is 5.60 Å². The summed E-state index contributed by atoms with van der Waals surface area (Å²) >= 11 is 0. The van der Waals surface area contributed by atoms with E-state index in [0.717, 1.165) is 38.2 Å². The van der Waals surface area contributed by atoms with E-state index in [1.165, 1.54) is 45.3 Å². The topological polar surface area (TPSA) is 59.9 Å². The summed E-state index contributed by atoms with van der Waals surface area (Å²) in [4.78, 5) is 7.24. The Hall–Kier alpha value is -0.0800. The smallest absolute Gasteiger partial charge is 0.191 e. The van der Waals surface area contributed by atoms with E-state index >= 15 is 0 Å². The van der Waals surface area contributed by atoms with E-state index in [2.05, 4.69) is 34.4 Å². The van der Waals surface area contributed by atoms with Crippen molar-refractivity contribution in [2.24, 2.45) is 4.99 Å². The molecule has 2 rings (SSSR count). The van der Waals surface area contributed by atoms with Crippen LogP contribution in [0, 0.1) is 0 Å². The first kappa shape index (κ1) is 22.0. The predicted octanol–water partition coefficient (Wildman–Crippen LogP) is 2.73. The van der Waals surface area contributed by atoms with Gasteiger partial charge in [0.25, 0.3) is 0 Å². The van der Waals surface area contributed by atoms with Crippen molar-refractivity contribution in [3.8, 4) is 0 Å². The molecule has 2 fully saturated rings. The van der Waals surface area contributed by atoms with Gasteiger partial charge in [-0.05, 0) is 45.6 Å². The van der Waals surface area contributed by atoms with Gasteiger partial charge in [-0.1, -0.05) is 26.2 Å². The molecule has 1 aliphatic carbocycles. The molecule has 0 radical (unpaired) electrons. The van der Waals surface area contributed by atoms with Crippen molar-refractivity contribution < 1.29 is 5.11 Å². The second-order valence-electron chi connectivity index (χ2n) is 7.24. The van der Waals surface area contributed by atoms with Crippen molar-refractivity contribution in [3.05, 3.63) is 0 Å². The number of halogens is 1. The van der Waals surface area contributed by atoms with Gasteiger partial charge in [0, 0.05) is 25.7 Å². The number of hydrogen-bond acceptors (Lipinski definition) is 3. The molecule has 6 heteroatoms. The molecular weight excluding hydrogens is 415 g/mol. The summed E-state index contributed by atoms with van der Waals surface area (Å²) in [6.07, 6.45) is 8.89. The lowest BCUT2D eigenvalue weighted by Gasteiger charge is -2.33. The summed E-state index contributed by atoms with van der Waals surface area (Å²) in [7, 11) is 0. The molecule has 0 bridgehead atoms. The Morgan fingerprint density at radius 3 is 2.42 bits per heavy atom. The minimum absolute atomic E-state index is 0. The molecule has 0 atom stereocenters. The van der Waals surface area contributed by atoms with Crippen LogP contribution in [0.15, 0.2) is 4.99 Å². The maximum absolute atomic E-state index is 10.6. The Labute approximate surface area is 165 Å². The average Bonchev–Trinajstić information content (AvgIpc) is 2.56. The van der Waals surface area contributed by atoms with Gasteiger partial charge in [0.2, 0.25) is 0 Å². The van der Waals surface area contributed by atoms with Crippen LogP contribution >= 0.6 is 24.0 Å². The van der Waals surface area contributed by atoms with E-state index in [1.54, 1.807) is 0 Å². The minimum atomic E-state index is -0.578. The minimum Gasteiger partial charge on any atom is -0.388 e. The van der Waals surface area contributed by atoms with Crippen LogP contribution in [0.1, 0.15) is 65.2 Å². The number of aliphatic hydroxyl groups is 1. The lowest BCUT2D eigenvalue weighted by Crippen LogP contribution is -2.49. The van der Waals surface area contributed by atoms with Gasteiger partial charge in [-0.2, -0.15) is 0 Å². The third kappa shape index (κ3) is 7.44. The summed E-state index contributed by atoms with van der Waals surface area (Å²) < 4.78 is 0. The van der Waals surface area contributed by atoms with Gasteiger partial charge in [0.05, 0.1) is 12.1 Å². The van der Waals surface area contributed by atoms with Gasteiger partial charge >= 0.3 is 0 Å². The lowest BCUT2D eigenvalue weighted by atomic mass is 9.85. The zero-order chi connectivity index (χ0) is 16.5. The molecule has 5 nitrogen and oxygen atoms in total. The number of hydrogen-bond donors (Lipinski definition) is 3. The van der Waals surface area contributed by atoms with Crippen molar-refractivity contribution in [3.63, 3.8) is 0 Å². The van der Waals surface area contributed by atoms with Crippen LogP contribution in [0.2, 0.25) is 0 Å². The molecule has 2 aliphatic rings. The Morgan fingerprint density at radius 2 is 1.83 bits per heavy atom. The highest BCUT2D eigenvalue weighted by molar-refractivity contribution is 14.0. The summed E-state index contributed by atoms with van der Waals surface area (Å²) in [6, 6.07) is 0.502. The summed E-state index contributed by atoms with van der Waals surface area (Å²) in [5.41, 5.74) is -0.578. The molecule has 142 valence electrons. The highest BCUT2D eigenvalue weighted by Gasteiger charge is 2.29. The first-order chi connectivity index (χ1) is 11.1. The number of piperidine rings is 1. The van der Waals surface area contributed by atoms with Crippen molar-refractivity contribution >= 4 is 29.9 Å². The summed E-state index contributed by atoms with van der Waals surface area (Å²) in [5.74, 6) is 0.875. The zero-order valence-electron chi connectivity index (χ0n) is 15.5. The first-order valence-corrected chi connectivity index (χ1v) is 9.65. The van der Waals surface area contributed by atoms with Gasteiger partial charge in [0.15, 0.2) is 5.96 Å². The van der Waals surface area contributed by atoms with Crippen LogP contribution in [0.5, 0.6) is 0 Å². The zero-order valence-corrected chi connectivity index (χ0v) is 17.8. The maximum Gasteiger partial charge on any atom is 0.191 e. The number of likely N-dealkylation sites (tertiary alicyclic amines) is 1. The van der Waals surface area contributed by atoms with Crippen LogP contribution in [-0.4, -0.2) is 60.3 Å². The van der Waals surface area contributed by atoms with Crippen LogP contribution in [-0.2, 0) is 0 Å². The van der Waals surface area contributed by atoms with Gasteiger partial charge in [-0.25, -0.2) is 0 Å². The van der Waals surface area contributed by atoms with Gasteiger partial charge < -0.3 is 20.6 Å². The van der Waals surface area contributed by atoms with Crippen molar-refractivity contribution in [2.75, 3.05) is 32.7 Å². The molecular formula is C18H37IN4O. The molecule has 0 unspecified atom stereocenters. The maximum atomic E-state index is 10.6. The van der Waals surface area contributed by atoms with E-state index in [4.69, 9.17) is 0 Å². The van der Waals surface area contributed by atoms with Gasteiger partial charge in [0.1, 0.15) is 0 Å². The van der Waals surface area contributed by atoms with E-state index in [-0.39, 0.29) is 24.0 Å². The Balaban J connectivity index is 0.00000288. The Kier molecular flexibility index (Phi) is 10.5. The number of rotatable bonds is 6. The Morgan fingerprint density at radius 1 is 1.17 bits per heavy atom. The average molecular weight is 452 g/mol. The molecule has 1 saturated heterocycles. The molecule has 0 spiro atoms. The molecule has 24 heavy (non-hydrogen) atoms. The monoisotopic (exact) mass is 452 g/mol. The quantitative estimate of drug-likeness (QED) is 0.330. The first-order valence-electron chi connectivity index (χ1n) is 9.65. The van der Waals surface area contributed by atoms with Crippen LogP contribution in [0.4, 0.5) is 0 Å². The molecule has 1 heterocycles. The molecule has 0 amide bonds. The lowest BCUT2D eigenvalue weighted by molar-refractivity contribution is 0.0131. The molecule has 0 aromatic rings. The van der Waals surface area contributed by atoms with E-state index in [1.807, 2.05) is 0 Å². The number of nitrogens with zero attached hydrogens (tertiary/aromatic N) is 2. The van der Waals surface area contributed by atoms with Crippen molar-refractivity contribution in [1.29, 1.82) is 0 Å². The molecule has 3 N–H and O–H groups in total. The normalized spacial score (nSPS) is 22.7. The number of nitrogens with one attached hydrogen (secondary N) is 2. The Bertz CT molecular complexity index is 364. The van der Waals surface area contributed by atoms with E-state index in [0.29, 0.717) is 12.6 Å². The summed E-state index contributed by atoms with van der Waals surface area (Å²) in [6.45, 7) is 9.29. The third-order valence-electron chi connectivity index (χ3n) is 5.13. The van der Waals surface area contributed by atoms with Gasteiger partial charge in [-0.15, -0.1) is 24.0 Å². The standard InChI is InChI=1S/C18H36N4O.HI/c1-3-12-22-13-8-16(9-14-22)21-17(19-4-2)20-15-18(23)10-6-5-7-11-18;/h16,23H,3-15H2,1-2H3,(H2,19,20,21);1H. The summed E-state index contributed by atoms with van der Waals surface area (Å²) in [5, 5.41) is 17.5. The van der Waals surface area contributed by atoms with E-state index in [9.17, 15) is 5.11 Å². The van der Waals surface area contributed by atoms with Crippen LogP contribution in [0.25, 0.3) is 0 Å². The molecule has 0 aromatic carbocycles. The van der Waals surface area contributed by atoms with Crippen molar-refractivity contribution in [1.82, 2.24) is 15.5 Å². The highest BCUT2D eigenvalue weighted by Crippen LogP contribution is 2.28. The number of aliphatic imine (C=N–C) groups is 1. The van der Waals surface area contributed by atoms with Crippen molar-refractivity contribution in [2.45, 2.75) is 76.9 Å². The second kappa shape index (κ2) is 11.5. The fraction of sp³-hybridized carbons (Fsp3) is 0.944. The van der Waals surface area contributed by atoms with Gasteiger partial charge in [-0.3, -0.25) is 4.99 Å². The number of guanidine groups is 1. The molecule has 0 aromatic heterocycles. The second-order valence-corrected chi connectivity index (χ2v) is 7.24.